The van der Waals surface area contributed by atoms with Crippen molar-refractivity contribution in [2.75, 3.05) is 24.6 Å². The van der Waals surface area contributed by atoms with E-state index >= 15 is 0 Å². The van der Waals surface area contributed by atoms with Gasteiger partial charge in [0.05, 0.1) is 22.8 Å². The molecular formula is C23H25Cl2N5O3S. The molecule has 11 heteroatoms. The zero-order valence-corrected chi connectivity index (χ0v) is 21.4. The standard InChI is InChI=1S/C23H25Cl2N5O3S/c1-4-33-22(32)21-19(15-10-26-6-7-27-15)29-23(34-21)30-8-5-14(12(2)11-30)9-16(31)20-18(25)17(24)13(3)28-20/h6-7,10,12,14,28H,4-5,8-9,11H2,1-3H3/t12-,14-/m0/s1. The Hall–Kier alpha value is -2.49. The number of hydrogen-bond donors (Lipinski definition) is 1. The van der Waals surface area contributed by atoms with Crippen molar-refractivity contribution in [3.63, 3.8) is 0 Å². The molecule has 1 aliphatic rings. The summed E-state index contributed by atoms with van der Waals surface area (Å²) in [5.41, 5.74) is 2.08. The topological polar surface area (TPSA) is 101 Å². The lowest BCUT2D eigenvalue weighted by Crippen LogP contribution is -2.40. The summed E-state index contributed by atoms with van der Waals surface area (Å²) >= 11 is 13.7. The van der Waals surface area contributed by atoms with E-state index in [-0.39, 0.29) is 24.2 Å². The highest BCUT2D eigenvalue weighted by Crippen LogP contribution is 2.37. The molecule has 0 radical (unpaired) electrons. The van der Waals surface area contributed by atoms with Crippen LogP contribution in [-0.4, -0.2) is 51.4 Å². The number of ether oxygens (including phenoxy) is 1. The molecule has 3 aromatic rings. The lowest BCUT2D eigenvalue weighted by molar-refractivity contribution is 0.0532. The molecule has 1 N–H and O–H groups in total. The maximum Gasteiger partial charge on any atom is 0.350 e. The molecule has 8 nitrogen and oxygen atoms in total. The number of aryl methyl sites for hydroxylation is 1. The van der Waals surface area contributed by atoms with Crippen LogP contribution in [0.2, 0.25) is 10.0 Å². The molecular weight excluding hydrogens is 497 g/mol. The fraction of sp³-hybridized carbons (Fsp3) is 0.435. The van der Waals surface area contributed by atoms with Crippen molar-refractivity contribution in [3.8, 4) is 11.4 Å². The largest absolute Gasteiger partial charge is 0.462 e. The van der Waals surface area contributed by atoms with Crippen LogP contribution in [-0.2, 0) is 4.74 Å². The third-order valence-corrected chi connectivity index (χ3v) is 8.06. The highest BCUT2D eigenvalue weighted by Gasteiger charge is 2.32. The van der Waals surface area contributed by atoms with Crippen LogP contribution in [0.25, 0.3) is 11.4 Å². The number of ketones is 1. The number of halogens is 2. The van der Waals surface area contributed by atoms with Gasteiger partial charge >= 0.3 is 5.97 Å². The number of Topliss-reactive ketones (excluding diaryl/α,β-unsaturated/α-hetero) is 1. The number of aromatic amines is 1. The number of anilines is 1. The normalized spacial score (nSPS) is 18.2. The number of nitrogens with one attached hydrogen (secondary N) is 1. The lowest BCUT2D eigenvalue weighted by Gasteiger charge is -2.36. The van der Waals surface area contributed by atoms with Crippen LogP contribution in [0, 0.1) is 18.8 Å². The summed E-state index contributed by atoms with van der Waals surface area (Å²) in [6, 6.07) is 0. The number of thiazole rings is 1. The van der Waals surface area contributed by atoms with Crippen molar-refractivity contribution in [2.24, 2.45) is 11.8 Å². The van der Waals surface area contributed by atoms with E-state index in [9.17, 15) is 9.59 Å². The van der Waals surface area contributed by atoms with Gasteiger partial charge in [-0.15, -0.1) is 0 Å². The van der Waals surface area contributed by atoms with Gasteiger partial charge in [0.25, 0.3) is 0 Å². The SMILES string of the molecule is CCOC(=O)c1sc(N2CC[C@@H](CC(=O)c3[nH]c(C)c(Cl)c3Cl)[C@@H](C)C2)nc1-c1cnccn1. The van der Waals surface area contributed by atoms with E-state index in [1.54, 1.807) is 32.4 Å². The molecule has 4 heterocycles. The van der Waals surface area contributed by atoms with Crippen LogP contribution in [0.3, 0.4) is 0 Å². The van der Waals surface area contributed by atoms with Crippen molar-refractivity contribution in [1.82, 2.24) is 19.9 Å². The minimum atomic E-state index is -0.419. The highest BCUT2D eigenvalue weighted by molar-refractivity contribution is 7.17. The summed E-state index contributed by atoms with van der Waals surface area (Å²) in [7, 11) is 0. The van der Waals surface area contributed by atoms with Crippen LogP contribution in [0.4, 0.5) is 5.13 Å². The summed E-state index contributed by atoms with van der Waals surface area (Å²) in [5.74, 6) is -0.0182. The first-order valence-electron chi connectivity index (χ1n) is 11.1. The van der Waals surface area contributed by atoms with Gasteiger partial charge in [0.1, 0.15) is 22.0 Å². The van der Waals surface area contributed by atoms with Gasteiger partial charge in [0, 0.05) is 37.6 Å². The van der Waals surface area contributed by atoms with Crippen LogP contribution in [0.15, 0.2) is 18.6 Å². The molecule has 4 rings (SSSR count). The first-order valence-corrected chi connectivity index (χ1v) is 12.6. The maximum atomic E-state index is 12.9. The second kappa shape index (κ2) is 10.4. The van der Waals surface area contributed by atoms with Gasteiger partial charge < -0.3 is 14.6 Å². The molecule has 0 aromatic carbocycles. The third-order valence-electron chi connectivity index (χ3n) is 6.02. The zero-order chi connectivity index (χ0) is 24.4. The Bertz CT molecular complexity index is 1200. The van der Waals surface area contributed by atoms with E-state index in [0.29, 0.717) is 50.7 Å². The molecule has 0 spiro atoms. The fourth-order valence-electron chi connectivity index (χ4n) is 4.15. The third kappa shape index (κ3) is 4.96. The Balaban J connectivity index is 1.50. The van der Waals surface area contributed by atoms with E-state index < -0.39 is 5.97 Å². The van der Waals surface area contributed by atoms with E-state index in [2.05, 4.69) is 26.8 Å². The summed E-state index contributed by atoms with van der Waals surface area (Å²) < 4.78 is 5.24. The monoisotopic (exact) mass is 521 g/mol. The number of nitrogens with zero attached hydrogens (tertiary/aromatic N) is 4. The van der Waals surface area contributed by atoms with Crippen molar-refractivity contribution in [3.05, 3.63) is 44.9 Å². The lowest BCUT2D eigenvalue weighted by atomic mass is 9.83. The maximum absolute atomic E-state index is 12.9. The minimum absolute atomic E-state index is 0.0333. The van der Waals surface area contributed by atoms with Gasteiger partial charge in [0.15, 0.2) is 10.9 Å². The number of carbonyl (C=O) groups is 2. The van der Waals surface area contributed by atoms with E-state index in [1.807, 2.05) is 0 Å². The van der Waals surface area contributed by atoms with E-state index in [1.165, 1.54) is 11.3 Å². The van der Waals surface area contributed by atoms with Crippen molar-refractivity contribution in [2.45, 2.75) is 33.6 Å². The van der Waals surface area contributed by atoms with Crippen molar-refractivity contribution >= 4 is 51.4 Å². The van der Waals surface area contributed by atoms with Gasteiger partial charge in [-0.3, -0.25) is 14.8 Å². The second-order valence-electron chi connectivity index (χ2n) is 8.34. The van der Waals surface area contributed by atoms with E-state index in [0.717, 1.165) is 18.1 Å². The Morgan fingerprint density at radius 1 is 1.29 bits per heavy atom. The molecule has 0 amide bonds. The molecule has 1 fully saturated rings. The van der Waals surface area contributed by atoms with Crippen molar-refractivity contribution in [1.29, 1.82) is 0 Å². The number of hydrogen-bond acceptors (Lipinski definition) is 8. The van der Waals surface area contributed by atoms with Gasteiger partial charge in [-0.2, -0.15) is 0 Å². The van der Waals surface area contributed by atoms with Crippen LogP contribution >= 0.6 is 34.5 Å². The molecule has 0 unspecified atom stereocenters. The Kier molecular flexibility index (Phi) is 7.54. The summed E-state index contributed by atoms with van der Waals surface area (Å²) in [5, 5.41) is 1.42. The smallest absolute Gasteiger partial charge is 0.350 e. The van der Waals surface area contributed by atoms with Crippen LogP contribution in [0.1, 0.15) is 52.5 Å². The predicted octanol–water partition coefficient (Wildman–Crippen LogP) is 5.46. The molecule has 1 saturated heterocycles. The van der Waals surface area contributed by atoms with Crippen molar-refractivity contribution < 1.29 is 14.3 Å². The number of carbonyl (C=O) groups excluding carboxylic acids is 2. The second-order valence-corrected chi connectivity index (χ2v) is 10.1. The minimum Gasteiger partial charge on any atom is -0.462 e. The number of piperidine rings is 1. The Morgan fingerprint density at radius 3 is 2.71 bits per heavy atom. The molecule has 0 aliphatic carbocycles. The predicted molar refractivity (Wildman–Crippen MR) is 133 cm³/mol. The van der Waals surface area contributed by atoms with Gasteiger partial charge in [-0.1, -0.05) is 41.5 Å². The fourth-order valence-corrected chi connectivity index (χ4v) is 5.59. The number of esters is 1. The van der Waals surface area contributed by atoms with Crippen LogP contribution in [0.5, 0.6) is 0 Å². The first kappa shape index (κ1) is 24.6. The molecule has 34 heavy (non-hydrogen) atoms. The molecule has 0 saturated carbocycles. The van der Waals surface area contributed by atoms with Gasteiger partial charge in [0.2, 0.25) is 0 Å². The van der Waals surface area contributed by atoms with Gasteiger partial charge in [-0.05, 0) is 32.1 Å². The average Bonchev–Trinajstić information content (AvgIpc) is 3.39. The molecule has 180 valence electrons. The zero-order valence-electron chi connectivity index (χ0n) is 19.1. The Labute approximate surface area is 211 Å². The molecule has 2 atom stereocenters. The Morgan fingerprint density at radius 2 is 2.09 bits per heavy atom. The summed E-state index contributed by atoms with van der Waals surface area (Å²) in [6.07, 6.45) is 5.93. The quantitative estimate of drug-likeness (QED) is 0.325. The summed E-state index contributed by atoms with van der Waals surface area (Å²) in [4.78, 5) is 44.2. The molecule has 1 aliphatic heterocycles. The molecule has 3 aromatic heterocycles. The number of rotatable bonds is 7. The number of aromatic nitrogens is 4. The van der Waals surface area contributed by atoms with Gasteiger partial charge in [-0.25, -0.2) is 9.78 Å². The first-order chi connectivity index (χ1) is 16.3. The highest BCUT2D eigenvalue weighted by atomic mass is 35.5. The average molecular weight is 522 g/mol. The molecule has 0 bridgehead atoms. The summed E-state index contributed by atoms with van der Waals surface area (Å²) in [6.45, 7) is 7.40. The number of H-pyrrole nitrogens is 1. The van der Waals surface area contributed by atoms with Crippen LogP contribution < -0.4 is 4.90 Å². The van der Waals surface area contributed by atoms with E-state index in [4.69, 9.17) is 32.9 Å².